The molecule has 0 aromatic heterocycles. The van der Waals surface area contributed by atoms with Crippen LogP contribution in [-0.2, 0) is 25.7 Å². The Morgan fingerprint density at radius 1 is 1.10 bits per heavy atom. The summed E-state index contributed by atoms with van der Waals surface area (Å²) < 4.78 is 45.8. The van der Waals surface area contributed by atoms with Gasteiger partial charge in [-0.1, -0.05) is 36.4 Å². The number of esters is 1. The van der Waals surface area contributed by atoms with Crippen molar-refractivity contribution < 1.29 is 32.3 Å². The summed E-state index contributed by atoms with van der Waals surface area (Å²) in [6.45, 7) is -0.833. The van der Waals surface area contributed by atoms with E-state index < -0.39 is 53.7 Å². The Labute approximate surface area is 174 Å². The molecule has 0 spiro atoms. The lowest BCUT2D eigenvalue weighted by Gasteiger charge is -2.24. The van der Waals surface area contributed by atoms with E-state index in [1.807, 2.05) is 6.07 Å². The fourth-order valence-electron chi connectivity index (χ4n) is 2.78. The van der Waals surface area contributed by atoms with Crippen molar-refractivity contribution in [2.24, 2.45) is 0 Å². The second-order valence-electron chi connectivity index (χ2n) is 6.37. The largest absolute Gasteiger partial charge is 0.460 e. The minimum atomic E-state index is -1.64. The molecule has 1 heterocycles. The van der Waals surface area contributed by atoms with Crippen molar-refractivity contribution in [3.8, 4) is 0 Å². The minimum absolute atomic E-state index is 0.0461. The molecule has 1 saturated heterocycles. The molecular weight excluding hydrogens is 421 g/mol. The van der Waals surface area contributed by atoms with Crippen LogP contribution >= 0.6 is 11.8 Å². The van der Waals surface area contributed by atoms with Gasteiger partial charge in [0.2, 0.25) is 11.8 Å². The average Bonchev–Trinajstić information content (AvgIpc) is 3.10. The van der Waals surface area contributed by atoms with Crippen molar-refractivity contribution in [2.75, 3.05) is 18.8 Å². The number of carbonyl (C=O) groups excluding carboxylic acids is 3. The molecule has 2 amide bonds. The maximum atomic E-state index is 14.1. The first-order chi connectivity index (χ1) is 14.4. The Bertz CT molecular complexity index is 959. The summed E-state index contributed by atoms with van der Waals surface area (Å²) >= 11 is 0.988. The first-order valence-corrected chi connectivity index (χ1v) is 9.92. The van der Waals surface area contributed by atoms with E-state index in [1.165, 1.54) is 0 Å². The molecule has 3 rings (SSSR count). The number of hydrogen-bond donors (Lipinski definition) is 1. The lowest BCUT2D eigenvalue weighted by atomic mass is 10.1. The van der Waals surface area contributed by atoms with Gasteiger partial charge in [-0.25, -0.2) is 13.2 Å². The van der Waals surface area contributed by atoms with Gasteiger partial charge in [0.25, 0.3) is 0 Å². The monoisotopic (exact) mass is 438 g/mol. The first kappa shape index (κ1) is 21.7. The van der Waals surface area contributed by atoms with Gasteiger partial charge in [0.05, 0.1) is 5.75 Å². The van der Waals surface area contributed by atoms with Crippen LogP contribution < -0.4 is 5.32 Å². The fraction of sp³-hybridized carbons (Fsp3) is 0.250. The summed E-state index contributed by atoms with van der Waals surface area (Å²) in [6, 6.07) is 10.8. The third-order valence-corrected chi connectivity index (χ3v) is 5.52. The molecule has 1 atom stereocenters. The van der Waals surface area contributed by atoms with Crippen LogP contribution in [0.3, 0.4) is 0 Å². The van der Waals surface area contributed by atoms with E-state index >= 15 is 0 Å². The lowest BCUT2D eigenvalue weighted by molar-refractivity contribution is -0.145. The molecule has 0 aliphatic carbocycles. The van der Waals surface area contributed by atoms with Gasteiger partial charge in [-0.05, 0) is 11.6 Å². The van der Waals surface area contributed by atoms with Gasteiger partial charge >= 0.3 is 5.97 Å². The summed E-state index contributed by atoms with van der Waals surface area (Å²) in [5, 5.41) is 1.35. The molecule has 0 radical (unpaired) electrons. The number of nitrogens with one attached hydrogen (secondary N) is 1. The van der Waals surface area contributed by atoms with E-state index in [0.717, 1.165) is 34.4 Å². The smallest absolute Gasteiger partial charge is 0.325 e. The van der Waals surface area contributed by atoms with Crippen molar-refractivity contribution in [3.05, 3.63) is 71.0 Å². The summed E-state index contributed by atoms with van der Waals surface area (Å²) in [7, 11) is 0. The zero-order chi connectivity index (χ0) is 21.7. The molecule has 0 saturated carbocycles. The van der Waals surface area contributed by atoms with Crippen molar-refractivity contribution in [1.82, 2.24) is 10.2 Å². The number of amides is 2. The summed E-state index contributed by atoms with van der Waals surface area (Å²) in [5.41, 5.74) is 0.549. The molecule has 1 aliphatic heterocycles. The Morgan fingerprint density at radius 2 is 1.83 bits per heavy atom. The molecule has 1 N–H and O–H groups in total. The standard InChI is InChI=1S/C20H17F3N2O4S/c21-14-7-6-13(18(22)19(14)23)20-25(16(27)11-30-20)9-15(26)24-8-17(28)29-10-12-4-2-1-3-5-12/h1-7,20H,8-11H2,(H,24,26). The van der Waals surface area contributed by atoms with E-state index in [2.05, 4.69) is 5.32 Å². The van der Waals surface area contributed by atoms with E-state index in [1.54, 1.807) is 24.3 Å². The van der Waals surface area contributed by atoms with Crippen molar-refractivity contribution >= 4 is 29.5 Å². The molecule has 6 nitrogen and oxygen atoms in total. The zero-order valence-corrected chi connectivity index (χ0v) is 16.4. The van der Waals surface area contributed by atoms with E-state index in [9.17, 15) is 27.6 Å². The van der Waals surface area contributed by atoms with Gasteiger partial charge in [-0.15, -0.1) is 11.8 Å². The Balaban J connectivity index is 1.55. The van der Waals surface area contributed by atoms with Gasteiger partial charge in [0.15, 0.2) is 17.5 Å². The highest BCUT2D eigenvalue weighted by atomic mass is 32.2. The Morgan fingerprint density at radius 3 is 2.57 bits per heavy atom. The maximum absolute atomic E-state index is 14.1. The molecule has 0 bridgehead atoms. The van der Waals surface area contributed by atoms with Crippen molar-refractivity contribution in [3.63, 3.8) is 0 Å². The summed E-state index contributed by atoms with van der Waals surface area (Å²) in [4.78, 5) is 37.1. The minimum Gasteiger partial charge on any atom is -0.460 e. The van der Waals surface area contributed by atoms with Gasteiger partial charge in [-0.3, -0.25) is 14.4 Å². The lowest BCUT2D eigenvalue weighted by Crippen LogP contribution is -2.41. The molecule has 1 fully saturated rings. The van der Waals surface area contributed by atoms with Crippen LogP contribution in [-0.4, -0.2) is 41.5 Å². The average molecular weight is 438 g/mol. The highest BCUT2D eigenvalue weighted by Gasteiger charge is 2.36. The van der Waals surface area contributed by atoms with Crippen LogP contribution in [0, 0.1) is 17.5 Å². The highest BCUT2D eigenvalue weighted by molar-refractivity contribution is 8.00. The number of ether oxygens (including phenoxy) is 1. The fourth-order valence-corrected chi connectivity index (χ4v) is 3.98. The van der Waals surface area contributed by atoms with Crippen LogP contribution in [0.15, 0.2) is 42.5 Å². The molecule has 1 unspecified atom stereocenters. The molecule has 10 heteroatoms. The third-order valence-electron chi connectivity index (χ3n) is 4.29. The number of rotatable bonds is 7. The van der Waals surface area contributed by atoms with E-state index in [4.69, 9.17) is 4.74 Å². The third kappa shape index (κ3) is 5.12. The molecule has 158 valence electrons. The zero-order valence-electron chi connectivity index (χ0n) is 15.6. The summed E-state index contributed by atoms with van der Waals surface area (Å²) in [6.07, 6.45) is 0. The van der Waals surface area contributed by atoms with Crippen LogP contribution in [0.4, 0.5) is 13.2 Å². The molecule has 2 aromatic rings. The number of nitrogens with zero attached hydrogens (tertiary/aromatic N) is 1. The Kier molecular flexibility index (Phi) is 6.99. The highest BCUT2D eigenvalue weighted by Crippen LogP contribution is 2.40. The SMILES string of the molecule is O=C(CN1C(=O)CSC1c1ccc(F)c(F)c1F)NCC(=O)OCc1ccccc1. The van der Waals surface area contributed by atoms with Crippen molar-refractivity contribution in [1.29, 1.82) is 0 Å². The number of thioether (sulfide) groups is 1. The number of carbonyl (C=O) groups is 3. The Hall–Kier alpha value is -3.01. The predicted molar refractivity (Wildman–Crippen MR) is 102 cm³/mol. The number of hydrogen-bond acceptors (Lipinski definition) is 5. The topological polar surface area (TPSA) is 75.7 Å². The molecular formula is C20H17F3N2O4S. The van der Waals surface area contributed by atoms with E-state index in [0.29, 0.717) is 0 Å². The van der Waals surface area contributed by atoms with Gasteiger partial charge in [0.1, 0.15) is 25.1 Å². The summed E-state index contributed by atoms with van der Waals surface area (Å²) in [5.74, 6) is -6.24. The van der Waals surface area contributed by atoms with Gasteiger partial charge in [-0.2, -0.15) is 0 Å². The van der Waals surface area contributed by atoms with Crippen LogP contribution in [0.25, 0.3) is 0 Å². The molecule has 2 aromatic carbocycles. The van der Waals surface area contributed by atoms with Gasteiger partial charge in [0, 0.05) is 5.56 Å². The van der Waals surface area contributed by atoms with Gasteiger partial charge < -0.3 is 15.0 Å². The van der Waals surface area contributed by atoms with Crippen LogP contribution in [0.1, 0.15) is 16.5 Å². The van der Waals surface area contributed by atoms with Crippen molar-refractivity contribution in [2.45, 2.75) is 12.0 Å². The second-order valence-corrected chi connectivity index (χ2v) is 7.44. The van der Waals surface area contributed by atoms with Crippen LogP contribution in [0.5, 0.6) is 0 Å². The first-order valence-electron chi connectivity index (χ1n) is 8.87. The van der Waals surface area contributed by atoms with E-state index in [-0.39, 0.29) is 17.9 Å². The maximum Gasteiger partial charge on any atom is 0.325 e. The molecule has 30 heavy (non-hydrogen) atoms. The predicted octanol–water partition coefficient (Wildman–Crippen LogP) is 2.54. The number of halogens is 3. The normalized spacial score (nSPS) is 15.9. The quantitative estimate of drug-likeness (QED) is 0.531. The molecule has 1 aliphatic rings. The number of benzene rings is 2. The van der Waals surface area contributed by atoms with Crippen LogP contribution in [0.2, 0.25) is 0 Å². The second kappa shape index (κ2) is 9.66.